The lowest BCUT2D eigenvalue weighted by Crippen LogP contribution is -2.48. The van der Waals surface area contributed by atoms with Crippen molar-refractivity contribution in [1.82, 2.24) is 0 Å². The fourth-order valence-corrected chi connectivity index (χ4v) is 3.12. The van der Waals surface area contributed by atoms with Gasteiger partial charge in [-0.2, -0.15) is 0 Å². The van der Waals surface area contributed by atoms with E-state index < -0.39 is 0 Å². The topological polar surface area (TPSA) is 55.6 Å². The van der Waals surface area contributed by atoms with Crippen LogP contribution < -0.4 is 10.6 Å². The summed E-state index contributed by atoms with van der Waals surface area (Å²) < 4.78 is 5.72. The third-order valence-corrected chi connectivity index (χ3v) is 4.31. The molecule has 2 aliphatic rings. The lowest BCUT2D eigenvalue weighted by molar-refractivity contribution is 0.000548. The molecule has 2 N–H and O–H groups in total. The first-order chi connectivity index (χ1) is 9.22. The molecule has 1 aliphatic heterocycles. The van der Waals surface area contributed by atoms with Crippen molar-refractivity contribution < 1.29 is 9.53 Å². The van der Waals surface area contributed by atoms with E-state index in [4.69, 9.17) is 10.5 Å². The molecule has 3 rings (SSSR count). The van der Waals surface area contributed by atoms with E-state index in [9.17, 15) is 4.79 Å². The molecule has 2 fully saturated rings. The van der Waals surface area contributed by atoms with Crippen molar-refractivity contribution >= 4 is 11.8 Å². The van der Waals surface area contributed by atoms with Crippen molar-refractivity contribution in [3.05, 3.63) is 29.8 Å². The SMILES string of the molecule is NCc1ccc(N2CCC3(CCCC3)OC2=O)cc1. The number of carbonyl (C=O) groups is 1. The maximum absolute atomic E-state index is 12.2. The minimum atomic E-state index is -0.200. The van der Waals surface area contributed by atoms with Crippen molar-refractivity contribution in [2.75, 3.05) is 11.4 Å². The number of nitrogens with zero attached hydrogens (tertiary/aromatic N) is 1. The van der Waals surface area contributed by atoms with Gasteiger partial charge in [0, 0.05) is 25.2 Å². The van der Waals surface area contributed by atoms with Crippen molar-refractivity contribution in [3.63, 3.8) is 0 Å². The molecule has 1 aromatic rings. The molecule has 0 aromatic heterocycles. The second-order valence-corrected chi connectivity index (χ2v) is 5.53. The van der Waals surface area contributed by atoms with Gasteiger partial charge in [0.2, 0.25) is 0 Å². The second-order valence-electron chi connectivity index (χ2n) is 5.53. The van der Waals surface area contributed by atoms with E-state index in [1.165, 1.54) is 12.8 Å². The summed E-state index contributed by atoms with van der Waals surface area (Å²) >= 11 is 0. The van der Waals surface area contributed by atoms with Crippen LogP contribution in [0.5, 0.6) is 0 Å². The van der Waals surface area contributed by atoms with Gasteiger partial charge in [0.15, 0.2) is 0 Å². The Balaban J connectivity index is 1.74. The fraction of sp³-hybridized carbons (Fsp3) is 0.533. The van der Waals surface area contributed by atoms with Crippen LogP contribution >= 0.6 is 0 Å². The normalized spacial score (nSPS) is 21.7. The largest absolute Gasteiger partial charge is 0.442 e. The van der Waals surface area contributed by atoms with E-state index >= 15 is 0 Å². The zero-order valence-electron chi connectivity index (χ0n) is 11.1. The highest BCUT2D eigenvalue weighted by Crippen LogP contribution is 2.39. The fourth-order valence-electron chi connectivity index (χ4n) is 3.12. The van der Waals surface area contributed by atoms with Gasteiger partial charge >= 0.3 is 6.09 Å². The van der Waals surface area contributed by atoms with Gasteiger partial charge in [-0.3, -0.25) is 4.90 Å². The Morgan fingerprint density at radius 1 is 1.16 bits per heavy atom. The van der Waals surface area contributed by atoms with Crippen molar-refractivity contribution in [3.8, 4) is 0 Å². The Bertz CT molecular complexity index is 464. The third kappa shape index (κ3) is 2.32. The molecule has 1 saturated heterocycles. The van der Waals surface area contributed by atoms with Crippen LogP contribution in [-0.2, 0) is 11.3 Å². The van der Waals surface area contributed by atoms with Gasteiger partial charge < -0.3 is 10.5 Å². The highest BCUT2D eigenvalue weighted by molar-refractivity contribution is 5.88. The summed E-state index contributed by atoms with van der Waals surface area (Å²) in [4.78, 5) is 13.9. The highest BCUT2D eigenvalue weighted by Gasteiger charge is 2.42. The minimum absolute atomic E-state index is 0.162. The summed E-state index contributed by atoms with van der Waals surface area (Å²) in [6.45, 7) is 1.27. The van der Waals surface area contributed by atoms with Crippen LogP contribution in [0.2, 0.25) is 0 Å². The predicted molar refractivity (Wildman–Crippen MR) is 74.0 cm³/mol. The number of nitrogens with two attached hydrogens (primary N) is 1. The Morgan fingerprint density at radius 2 is 1.84 bits per heavy atom. The lowest BCUT2D eigenvalue weighted by Gasteiger charge is -2.38. The van der Waals surface area contributed by atoms with E-state index in [0.717, 1.165) is 37.1 Å². The van der Waals surface area contributed by atoms with E-state index in [-0.39, 0.29) is 11.7 Å². The Labute approximate surface area is 113 Å². The third-order valence-electron chi connectivity index (χ3n) is 4.31. The number of amides is 1. The zero-order valence-corrected chi connectivity index (χ0v) is 11.1. The molecule has 0 radical (unpaired) electrons. The number of hydrogen-bond acceptors (Lipinski definition) is 3. The molecule has 4 nitrogen and oxygen atoms in total. The van der Waals surface area contributed by atoms with Crippen molar-refractivity contribution in [2.45, 2.75) is 44.2 Å². The summed E-state index contributed by atoms with van der Waals surface area (Å²) in [6, 6.07) is 7.80. The predicted octanol–water partition coefficient (Wildman–Crippen LogP) is 2.80. The molecule has 4 heteroatoms. The van der Waals surface area contributed by atoms with Gasteiger partial charge in [0.05, 0.1) is 0 Å². The zero-order chi connectivity index (χ0) is 13.3. The summed E-state index contributed by atoms with van der Waals surface area (Å²) in [6.07, 6.45) is 5.15. The van der Waals surface area contributed by atoms with Crippen LogP contribution in [0.25, 0.3) is 0 Å². The molecule has 1 spiro atoms. The van der Waals surface area contributed by atoms with Gasteiger partial charge in [-0.1, -0.05) is 12.1 Å². The molecule has 102 valence electrons. The van der Waals surface area contributed by atoms with E-state index in [2.05, 4.69) is 0 Å². The monoisotopic (exact) mass is 260 g/mol. The molecular weight excluding hydrogens is 240 g/mol. The van der Waals surface area contributed by atoms with Crippen molar-refractivity contribution in [2.24, 2.45) is 5.73 Å². The quantitative estimate of drug-likeness (QED) is 0.889. The lowest BCUT2D eigenvalue weighted by atomic mass is 9.96. The summed E-state index contributed by atoms with van der Waals surface area (Å²) in [5.74, 6) is 0. The van der Waals surface area contributed by atoms with Gasteiger partial charge in [-0.25, -0.2) is 4.79 Å². The van der Waals surface area contributed by atoms with Crippen LogP contribution in [0, 0.1) is 0 Å². The first-order valence-corrected chi connectivity index (χ1v) is 7.02. The maximum Gasteiger partial charge on any atom is 0.414 e. The number of benzene rings is 1. The van der Waals surface area contributed by atoms with Gasteiger partial charge in [0.25, 0.3) is 0 Å². The molecule has 1 heterocycles. The molecule has 1 amide bonds. The van der Waals surface area contributed by atoms with Gasteiger partial charge in [-0.15, -0.1) is 0 Å². The number of rotatable bonds is 2. The molecule has 0 atom stereocenters. The van der Waals surface area contributed by atoms with Crippen LogP contribution in [0.1, 0.15) is 37.7 Å². The molecule has 1 aromatic carbocycles. The molecular formula is C15H20N2O2. The van der Waals surface area contributed by atoms with E-state index in [0.29, 0.717) is 6.54 Å². The Hall–Kier alpha value is -1.55. The van der Waals surface area contributed by atoms with Gasteiger partial charge in [0.1, 0.15) is 5.60 Å². The van der Waals surface area contributed by atoms with Crippen LogP contribution in [0.4, 0.5) is 10.5 Å². The first kappa shape index (κ1) is 12.5. The van der Waals surface area contributed by atoms with Crippen LogP contribution in [0.3, 0.4) is 0 Å². The summed E-state index contributed by atoms with van der Waals surface area (Å²) in [5, 5.41) is 0. The van der Waals surface area contributed by atoms with E-state index in [1.807, 2.05) is 24.3 Å². The molecule has 0 unspecified atom stereocenters. The average Bonchev–Trinajstić information content (AvgIpc) is 2.87. The second kappa shape index (κ2) is 4.85. The van der Waals surface area contributed by atoms with Crippen LogP contribution in [-0.4, -0.2) is 18.2 Å². The molecule has 1 saturated carbocycles. The van der Waals surface area contributed by atoms with E-state index in [1.54, 1.807) is 4.90 Å². The number of ether oxygens (including phenoxy) is 1. The standard InChI is InChI=1S/C15H20N2O2/c16-11-12-3-5-13(6-4-12)17-10-9-15(19-14(17)18)7-1-2-8-15/h3-6H,1-2,7-11,16H2. The number of carbonyl (C=O) groups excluding carboxylic acids is 1. The smallest absolute Gasteiger partial charge is 0.414 e. The Morgan fingerprint density at radius 3 is 2.42 bits per heavy atom. The number of anilines is 1. The molecule has 0 bridgehead atoms. The van der Waals surface area contributed by atoms with Gasteiger partial charge in [-0.05, 0) is 43.4 Å². The maximum atomic E-state index is 12.2. The highest BCUT2D eigenvalue weighted by atomic mass is 16.6. The first-order valence-electron chi connectivity index (χ1n) is 7.02. The number of hydrogen-bond donors (Lipinski definition) is 1. The van der Waals surface area contributed by atoms with Crippen molar-refractivity contribution in [1.29, 1.82) is 0 Å². The average molecular weight is 260 g/mol. The summed E-state index contributed by atoms with van der Waals surface area (Å²) in [5.41, 5.74) is 7.39. The van der Waals surface area contributed by atoms with Crippen LogP contribution in [0.15, 0.2) is 24.3 Å². The Kier molecular flexibility index (Phi) is 3.19. The molecule has 19 heavy (non-hydrogen) atoms. The molecule has 1 aliphatic carbocycles. The summed E-state index contributed by atoms with van der Waals surface area (Å²) in [7, 11) is 0. The minimum Gasteiger partial charge on any atom is -0.442 e.